The summed E-state index contributed by atoms with van der Waals surface area (Å²) >= 11 is 0. The number of phenolic OH excluding ortho intramolecular Hbond substituents is 5. The maximum absolute atomic E-state index is 11.9. The number of hydrogen-bond acceptors (Lipinski definition) is 5. The zero-order valence-electron chi connectivity index (χ0n) is 28.7. The van der Waals surface area contributed by atoms with E-state index in [0.29, 0.717) is 31.6 Å². The van der Waals surface area contributed by atoms with Crippen LogP contribution >= 0.6 is 0 Å². The molecule has 5 aromatic rings. The summed E-state index contributed by atoms with van der Waals surface area (Å²) in [6.07, 6.45) is 9.32. The minimum Gasteiger partial charge on any atom is -0.508 e. The van der Waals surface area contributed by atoms with Crippen molar-refractivity contribution in [3.63, 3.8) is 0 Å². The summed E-state index contributed by atoms with van der Waals surface area (Å²) in [7, 11) is 0. The maximum atomic E-state index is 11.9. The van der Waals surface area contributed by atoms with Gasteiger partial charge in [-0.05, 0) is 117 Å². The molecule has 0 aliphatic heterocycles. The highest BCUT2D eigenvalue weighted by atomic mass is 16.3. The van der Waals surface area contributed by atoms with E-state index in [2.05, 4.69) is 38.1 Å². The SMILES string of the molecule is CCc1cc(Cc2ccc(O)cc2)c(O)c(Cc2cc(C3CCCCC3)cc(Cc3cc(CC)cc(Cc4ccc(O)cc4)c3O)c2O)c1. The van der Waals surface area contributed by atoms with Crippen LogP contribution in [-0.2, 0) is 38.5 Å². The van der Waals surface area contributed by atoms with Crippen LogP contribution in [0, 0.1) is 0 Å². The predicted molar refractivity (Wildman–Crippen MR) is 196 cm³/mol. The Balaban J connectivity index is 1.38. The van der Waals surface area contributed by atoms with Gasteiger partial charge >= 0.3 is 0 Å². The number of aromatic hydroxyl groups is 5. The molecule has 0 atom stereocenters. The van der Waals surface area contributed by atoms with Crippen LogP contribution in [0.5, 0.6) is 28.7 Å². The third kappa shape index (κ3) is 8.05. The Bertz CT molecular complexity index is 1770. The van der Waals surface area contributed by atoms with Gasteiger partial charge in [0, 0.05) is 25.7 Å². The summed E-state index contributed by atoms with van der Waals surface area (Å²) in [4.78, 5) is 0. The van der Waals surface area contributed by atoms with Gasteiger partial charge in [0.25, 0.3) is 0 Å². The Morgan fingerprint density at radius 3 is 1.14 bits per heavy atom. The van der Waals surface area contributed by atoms with Crippen molar-refractivity contribution in [2.45, 2.75) is 90.4 Å². The molecule has 1 saturated carbocycles. The smallest absolute Gasteiger partial charge is 0.122 e. The lowest BCUT2D eigenvalue weighted by molar-refractivity contribution is 0.438. The van der Waals surface area contributed by atoms with Crippen molar-refractivity contribution in [3.8, 4) is 28.7 Å². The first-order valence-corrected chi connectivity index (χ1v) is 17.8. The zero-order valence-corrected chi connectivity index (χ0v) is 28.7. The topological polar surface area (TPSA) is 101 Å². The Morgan fingerprint density at radius 1 is 0.429 bits per heavy atom. The van der Waals surface area contributed by atoms with Gasteiger partial charge in [0.05, 0.1) is 0 Å². The molecule has 0 radical (unpaired) electrons. The fourth-order valence-corrected chi connectivity index (χ4v) is 7.42. The normalized spacial score (nSPS) is 13.5. The Labute approximate surface area is 290 Å². The molecule has 254 valence electrons. The Hall–Kier alpha value is -4.90. The van der Waals surface area contributed by atoms with Crippen molar-refractivity contribution < 1.29 is 25.5 Å². The lowest BCUT2D eigenvalue weighted by Gasteiger charge is -2.24. The van der Waals surface area contributed by atoms with E-state index >= 15 is 0 Å². The van der Waals surface area contributed by atoms with Crippen LogP contribution in [0.1, 0.15) is 113 Å². The highest BCUT2D eigenvalue weighted by Crippen LogP contribution is 2.40. The predicted octanol–water partition coefficient (Wildman–Crippen LogP) is 9.75. The van der Waals surface area contributed by atoms with E-state index in [1.165, 1.54) is 24.8 Å². The summed E-state index contributed by atoms with van der Waals surface area (Å²) < 4.78 is 0. The fraction of sp³-hybridized carbons (Fsp3) is 0.318. The summed E-state index contributed by atoms with van der Waals surface area (Å²) in [5.41, 5.74) is 10.2. The fourth-order valence-electron chi connectivity index (χ4n) is 7.42. The van der Waals surface area contributed by atoms with E-state index in [-0.39, 0.29) is 28.7 Å². The van der Waals surface area contributed by atoms with Gasteiger partial charge in [-0.2, -0.15) is 0 Å². The molecule has 0 spiro atoms. The second-order valence-corrected chi connectivity index (χ2v) is 13.8. The first kappa shape index (κ1) is 34.0. The number of hydrogen-bond donors (Lipinski definition) is 5. The van der Waals surface area contributed by atoms with E-state index in [0.717, 1.165) is 81.3 Å². The van der Waals surface area contributed by atoms with Crippen molar-refractivity contribution in [1.82, 2.24) is 0 Å². The van der Waals surface area contributed by atoms with Crippen LogP contribution in [-0.4, -0.2) is 25.5 Å². The van der Waals surface area contributed by atoms with Crippen molar-refractivity contribution in [2.75, 3.05) is 0 Å². The molecule has 1 aliphatic carbocycles. The van der Waals surface area contributed by atoms with E-state index in [1.54, 1.807) is 24.3 Å². The number of phenols is 5. The summed E-state index contributed by atoms with van der Waals surface area (Å²) in [6, 6.07) is 26.6. The molecule has 0 saturated heterocycles. The summed E-state index contributed by atoms with van der Waals surface area (Å²) in [5.74, 6) is 1.52. The Kier molecular flexibility index (Phi) is 10.5. The number of aryl methyl sites for hydroxylation is 2. The van der Waals surface area contributed by atoms with Gasteiger partial charge in [-0.1, -0.05) is 93.8 Å². The molecule has 0 bridgehead atoms. The van der Waals surface area contributed by atoms with Crippen LogP contribution in [0.15, 0.2) is 84.9 Å². The third-order valence-electron chi connectivity index (χ3n) is 10.3. The molecule has 0 heterocycles. The lowest BCUT2D eigenvalue weighted by Crippen LogP contribution is -2.07. The van der Waals surface area contributed by atoms with Gasteiger partial charge in [0.2, 0.25) is 0 Å². The highest BCUT2D eigenvalue weighted by molar-refractivity contribution is 5.55. The van der Waals surface area contributed by atoms with Crippen molar-refractivity contribution in [1.29, 1.82) is 0 Å². The molecule has 0 amide bonds. The first-order chi connectivity index (χ1) is 23.7. The average molecular weight is 657 g/mol. The van der Waals surface area contributed by atoms with E-state index < -0.39 is 0 Å². The third-order valence-corrected chi connectivity index (χ3v) is 10.3. The van der Waals surface area contributed by atoms with Gasteiger partial charge in [-0.25, -0.2) is 0 Å². The summed E-state index contributed by atoms with van der Waals surface area (Å²) in [6.45, 7) is 4.21. The van der Waals surface area contributed by atoms with Gasteiger partial charge in [-0.3, -0.25) is 0 Å². The molecule has 5 N–H and O–H groups in total. The van der Waals surface area contributed by atoms with E-state index in [1.807, 2.05) is 36.4 Å². The number of rotatable bonds is 11. The molecule has 5 nitrogen and oxygen atoms in total. The van der Waals surface area contributed by atoms with Crippen LogP contribution in [0.3, 0.4) is 0 Å². The van der Waals surface area contributed by atoms with Crippen molar-refractivity contribution >= 4 is 0 Å². The Morgan fingerprint density at radius 2 is 0.776 bits per heavy atom. The van der Waals surface area contributed by atoms with Crippen LogP contribution in [0.4, 0.5) is 0 Å². The lowest BCUT2D eigenvalue weighted by atomic mass is 9.81. The monoisotopic (exact) mass is 656 g/mol. The average Bonchev–Trinajstić information content (AvgIpc) is 3.11. The van der Waals surface area contributed by atoms with Gasteiger partial charge in [-0.15, -0.1) is 0 Å². The molecule has 0 aromatic heterocycles. The number of benzene rings is 5. The van der Waals surface area contributed by atoms with Gasteiger partial charge < -0.3 is 25.5 Å². The second kappa shape index (κ2) is 15.1. The molecule has 5 heteroatoms. The standard InChI is InChI=1S/C44H48O5/c1-3-28-18-34(22-30-10-14-40(45)15-11-30)42(47)36(20-28)26-38-24-33(32-8-6-5-7-9-32)25-39(44(38)49)27-37-21-29(4-2)19-35(43(37)48)23-31-12-16-41(46)17-13-31/h10-21,24-25,32,45-49H,3-9,22-23,26-27H2,1-2H3. The van der Waals surface area contributed by atoms with Gasteiger partial charge in [0.1, 0.15) is 28.7 Å². The molecule has 5 aromatic carbocycles. The zero-order chi connectivity index (χ0) is 34.5. The quantitative estimate of drug-likeness (QED) is 0.0975. The minimum atomic E-state index is 0.210. The van der Waals surface area contributed by atoms with Gasteiger partial charge in [0.15, 0.2) is 0 Å². The first-order valence-electron chi connectivity index (χ1n) is 17.8. The maximum Gasteiger partial charge on any atom is 0.122 e. The van der Waals surface area contributed by atoms with E-state index in [4.69, 9.17) is 0 Å². The minimum absolute atomic E-state index is 0.210. The molecule has 1 fully saturated rings. The molecular formula is C44H48O5. The second-order valence-electron chi connectivity index (χ2n) is 13.8. The summed E-state index contributed by atoms with van der Waals surface area (Å²) in [5, 5.41) is 54.6. The van der Waals surface area contributed by atoms with Crippen molar-refractivity contribution in [3.05, 3.63) is 146 Å². The van der Waals surface area contributed by atoms with Crippen molar-refractivity contribution in [2.24, 2.45) is 0 Å². The molecule has 49 heavy (non-hydrogen) atoms. The van der Waals surface area contributed by atoms with E-state index in [9.17, 15) is 25.5 Å². The molecule has 1 aliphatic rings. The van der Waals surface area contributed by atoms with Crippen LogP contribution in [0.2, 0.25) is 0 Å². The largest absolute Gasteiger partial charge is 0.508 e. The van der Waals surface area contributed by atoms with Crippen LogP contribution < -0.4 is 0 Å². The van der Waals surface area contributed by atoms with Crippen LogP contribution in [0.25, 0.3) is 0 Å². The molecular weight excluding hydrogens is 608 g/mol. The highest BCUT2D eigenvalue weighted by Gasteiger charge is 2.22. The molecule has 0 unspecified atom stereocenters. The molecule has 6 rings (SSSR count).